The van der Waals surface area contributed by atoms with Gasteiger partial charge in [-0.25, -0.2) is 9.78 Å². The minimum Gasteiger partial charge on any atom is -0.493 e. The smallest absolute Gasteiger partial charge is 0.340 e. The van der Waals surface area contributed by atoms with Crippen LogP contribution in [0.2, 0.25) is 10.0 Å². The molecule has 1 aromatic heterocycles. The Morgan fingerprint density at radius 2 is 1.84 bits per heavy atom. The van der Waals surface area contributed by atoms with E-state index >= 15 is 0 Å². The summed E-state index contributed by atoms with van der Waals surface area (Å²) < 4.78 is 15.4. The number of rotatable bonds is 7. The predicted molar refractivity (Wildman–Crippen MR) is 126 cm³/mol. The first kappa shape index (κ1) is 23.4. The van der Waals surface area contributed by atoms with Gasteiger partial charge in [-0.15, -0.1) is 11.3 Å². The number of nitriles is 1. The van der Waals surface area contributed by atoms with Crippen molar-refractivity contribution in [3.63, 3.8) is 0 Å². The van der Waals surface area contributed by atoms with E-state index in [1.54, 1.807) is 24.3 Å². The second-order valence-corrected chi connectivity index (χ2v) is 7.90. The third kappa shape index (κ3) is 4.97. The second kappa shape index (κ2) is 10.4. The summed E-state index contributed by atoms with van der Waals surface area (Å²) in [5.41, 5.74) is 2.30. The molecule has 164 valence electrons. The lowest BCUT2D eigenvalue weighted by Gasteiger charge is -2.13. The van der Waals surface area contributed by atoms with Crippen molar-refractivity contribution in [2.45, 2.75) is 0 Å². The van der Waals surface area contributed by atoms with Crippen LogP contribution < -0.4 is 14.8 Å². The molecule has 7 nitrogen and oxygen atoms in total. The summed E-state index contributed by atoms with van der Waals surface area (Å²) in [5, 5.41) is 15.8. The minimum atomic E-state index is -0.573. The lowest BCUT2D eigenvalue weighted by Crippen LogP contribution is -2.07. The molecule has 0 radical (unpaired) electrons. The van der Waals surface area contributed by atoms with Gasteiger partial charge in [0.25, 0.3) is 0 Å². The van der Waals surface area contributed by atoms with Crippen molar-refractivity contribution in [1.29, 1.82) is 5.26 Å². The van der Waals surface area contributed by atoms with E-state index in [9.17, 15) is 10.1 Å². The number of carbonyl (C=O) groups excluding carboxylic acids is 1. The minimum absolute atomic E-state index is 0.217. The molecule has 0 saturated heterocycles. The molecule has 32 heavy (non-hydrogen) atoms. The van der Waals surface area contributed by atoms with Crippen LogP contribution >= 0.6 is 34.5 Å². The fourth-order valence-corrected chi connectivity index (χ4v) is 3.85. The summed E-state index contributed by atoms with van der Waals surface area (Å²) >= 11 is 13.4. The molecule has 3 rings (SSSR count). The Balaban J connectivity index is 1.94. The maximum atomic E-state index is 12.2. The average molecular weight is 490 g/mol. The Hall–Kier alpha value is -3.25. The first-order chi connectivity index (χ1) is 15.4. The van der Waals surface area contributed by atoms with Gasteiger partial charge in [-0.05, 0) is 12.1 Å². The molecule has 0 saturated carbocycles. The van der Waals surface area contributed by atoms with E-state index in [1.165, 1.54) is 44.9 Å². The van der Waals surface area contributed by atoms with Gasteiger partial charge in [0.05, 0.1) is 48.3 Å². The molecule has 3 aromatic rings. The number of benzene rings is 2. The van der Waals surface area contributed by atoms with E-state index in [-0.39, 0.29) is 11.1 Å². The number of carbonyl (C=O) groups is 1. The van der Waals surface area contributed by atoms with Crippen molar-refractivity contribution in [1.82, 2.24) is 4.98 Å². The van der Waals surface area contributed by atoms with Crippen LogP contribution in [0.4, 0.5) is 5.69 Å². The molecular formula is C22H17Cl2N3O4S. The van der Waals surface area contributed by atoms with E-state index in [0.29, 0.717) is 37.9 Å². The Kier molecular flexibility index (Phi) is 7.59. The maximum Gasteiger partial charge on any atom is 0.340 e. The van der Waals surface area contributed by atoms with Crippen molar-refractivity contribution in [3.8, 4) is 28.8 Å². The highest BCUT2D eigenvalue weighted by molar-refractivity contribution is 7.11. The number of anilines is 1. The number of nitrogens with one attached hydrogen (secondary N) is 1. The molecule has 0 amide bonds. The first-order valence-corrected chi connectivity index (χ1v) is 10.7. The van der Waals surface area contributed by atoms with Crippen molar-refractivity contribution in [2.75, 3.05) is 26.6 Å². The molecule has 2 aromatic carbocycles. The standard InChI is InChI=1S/C22H17Cl2N3O4S/c1-29-19-7-14(22(28)31-3)17(8-20(19)30-2)26-10-13(9-25)21-27-18(11-32-21)12-4-5-15(23)16(24)6-12/h4-8,10-11,26H,1-3H3. The van der Waals surface area contributed by atoms with E-state index in [4.69, 9.17) is 37.4 Å². The molecule has 1 heterocycles. The number of nitrogens with zero attached hydrogens (tertiary/aromatic N) is 2. The molecule has 0 aliphatic rings. The van der Waals surface area contributed by atoms with Gasteiger partial charge < -0.3 is 19.5 Å². The Morgan fingerprint density at radius 3 is 2.47 bits per heavy atom. The number of thiazole rings is 1. The number of hydrogen-bond acceptors (Lipinski definition) is 8. The van der Waals surface area contributed by atoms with Crippen molar-refractivity contribution >= 4 is 51.8 Å². The molecule has 10 heteroatoms. The van der Waals surface area contributed by atoms with Crippen molar-refractivity contribution in [3.05, 3.63) is 62.5 Å². The molecule has 0 fully saturated rings. The zero-order chi connectivity index (χ0) is 23.3. The third-order valence-electron chi connectivity index (χ3n) is 4.37. The molecule has 0 bridgehead atoms. The van der Waals surface area contributed by atoms with Crippen LogP contribution in [-0.4, -0.2) is 32.3 Å². The Morgan fingerprint density at radius 1 is 1.12 bits per heavy atom. The van der Waals surface area contributed by atoms with Crippen LogP contribution in [0.1, 0.15) is 15.4 Å². The largest absolute Gasteiger partial charge is 0.493 e. The fraction of sp³-hybridized carbons (Fsp3) is 0.136. The summed E-state index contributed by atoms with van der Waals surface area (Å²) in [6.45, 7) is 0. The van der Waals surface area contributed by atoms with Gasteiger partial charge in [0.1, 0.15) is 16.6 Å². The molecule has 0 aliphatic heterocycles. The van der Waals surface area contributed by atoms with Gasteiger partial charge >= 0.3 is 5.97 Å². The zero-order valence-corrected chi connectivity index (χ0v) is 19.6. The number of esters is 1. The van der Waals surface area contributed by atoms with Gasteiger partial charge in [0, 0.05) is 29.3 Å². The summed E-state index contributed by atoms with van der Waals surface area (Å²) in [5.74, 6) is 0.205. The summed E-state index contributed by atoms with van der Waals surface area (Å²) in [4.78, 5) is 16.7. The Bertz CT molecular complexity index is 1230. The van der Waals surface area contributed by atoms with Gasteiger partial charge in [-0.2, -0.15) is 5.26 Å². The summed E-state index contributed by atoms with van der Waals surface area (Å²) in [7, 11) is 4.23. The van der Waals surface area contributed by atoms with Crippen LogP contribution in [0.25, 0.3) is 16.8 Å². The third-order valence-corrected chi connectivity index (χ3v) is 5.99. The highest BCUT2D eigenvalue weighted by Gasteiger charge is 2.18. The topological polar surface area (TPSA) is 93.5 Å². The van der Waals surface area contributed by atoms with E-state index in [1.807, 2.05) is 5.38 Å². The predicted octanol–water partition coefficient (Wildman–Crippen LogP) is 5.90. The maximum absolute atomic E-state index is 12.2. The number of allylic oxidation sites excluding steroid dienone is 1. The van der Waals surface area contributed by atoms with E-state index in [2.05, 4.69) is 16.4 Å². The molecule has 0 atom stereocenters. The first-order valence-electron chi connectivity index (χ1n) is 9.04. The highest BCUT2D eigenvalue weighted by Crippen LogP contribution is 2.35. The molecule has 0 spiro atoms. The number of halogens is 2. The molecule has 0 unspecified atom stereocenters. The summed E-state index contributed by atoms with van der Waals surface area (Å²) in [6, 6.07) is 10.4. The van der Waals surface area contributed by atoms with Crippen LogP contribution in [0, 0.1) is 11.3 Å². The lowest BCUT2D eigenvalue weighted by molar-refractivity contribution is 0.0601. The van der Waals surface area contributed by atoms with Crippen LogP contribution in [0.3, 0.4) is 0 Å². The number of hydrogen-bond donors (Lipinski definition) is 1. The zero-order valence-electron chi connectivity index (χ0n) is 17.2. The van der Waals surface area contributed by atoms with Crippen LogP contribution in [0.15, 0.2) is 41.9 Å². The van der Waals surface area contributed by atoms with E-state index in [0.717, 1.165) is 5.56 Å². The number of ether oxygens (including phenoxy) is 3. The van der Waals surface area contributed by atoms with Crippen LogP contribution in [0.5, 0.6) is 11.5 Å². The summed E-state index contributed by atoms with van der Waals surface area (Å²) in [6.07, 6.45) is 1.46. The van der Waals surface area contributed by atoms with Crippen LogP contribution in [-0.2, 0) is 4.74 Å². The second-order valence-electron chi connectivity index (χ2n) is 6.23. The normalized spacial score (nSPS) is 10.9. The monoisotopic (exact) mass is 489 g/mol. The van der Waals surface area contributed by atoms with Crippen molar-refractivity contribution in [2.24, 2.45) is 0 Å². The fourth-order valence-electron chi connectivity index (χ4n) is 2.75. The molecule has 1 N–H and O–H groups in total. The van der Waals surface area contributed by atoms with Gasteiger partial charge in [0.15, 0.2) is 11.5 Å². The average Bonchev–Trinajstić information content (AvgIpc) is 3.30. The van der Waals surface area contributed by atoms with Crippen molar-refractivity contribution < 1.29 is 19.0 Å². The van der Waals surface area contributed by atoms with Gasteiger partial charge in [-0.3, -0.25) is 0 Å². The molecule has 0 aliphatic carbocycles. The van der Waals surface area contributed by atoms with Gasteiger partial charge in [-0.1, -0.05) is 29.3 Å². The molecular weight excluding hydrogens is 473 g/mol. The quantitative estimate of drug-likeness (QED) is 0.326. The SMILES string of the molecule is COC(=O)c1cc(OC)c(OC)cc1NC=C(C#N)c1nc(-c2ccc(Cl)c(Cl)c2)cs1. The van der Waals surface area contributed by atoms with Gasteiger partial charge in [0.2, 0.25) is 0 Å². The lowest BCUT2D eigenvalue weighted by atomic mass is 10.1. The number of methoxy groups -OCH3 is 3. The Labute approximate surface area is 198 Å². The van der Waals surface area contributed by atoms with E-state index < -0.39 is 5.97 Å². The highest BCUT2D eigenvalue weighted by atomic mass is 35.5. The number of aromatic nitrogens is 1.